The molecule has 0 atom stereocenters. The molecule has 2 aromatic rings. The second-order valence-electron chi connectivity index (χ2n) is 4.99. The van der Waals surface area contributed by atoms with Crippen LogP contribution in [0.2, 0.25) is 0 Å². The first-order valence-electron chi connectivity index (χ1n) is 6.83. The molecule has 5 nitrogen and oxygen atoms in total. The first kappa shape index (κ1) is 13.9. The second kappa shape index (κ2) is 5.73. The maximum atomic E-state index is 5.65. The first-order chi connectivity index (χ1) is 10.1. The molecule has 21 heavy (non-hydrogen) atoms. The van der Waals surface area contributed by atoms with Gasteiger partial charge in [-0.05, 0) is 23.6 Å². The van der Waals surface area contributed by atoms with Crippen molar-refractivity contribution in [2.75, 3.05) is 31.7 Å². The Morgan fingerprint density at radius 2 is 2.05 bits per heavy atom. The van der Waals surface area contributed by atoms with Crippen molar-refractivity contribution in [2.45, 2.75) is 6.42 Å². The largest absolute Gasteiger partial charge is 0.486 e. The van der Waals surface area contributed by atoms with Crippen molar-refractivity contribution >= 4 is 33.8 Å². The number of hydrogen-bond donors (Lipinski definition) is 1. The van der Waals surface area contributed by atoms with E-state index in [1.807, 2.05) is 25.2 Å². The van der Waals surface area contributed by atoms with E-state index in [0.717, 1.165) is 34.6 Å². The molecule has 0 amide bonds. The lowest BCUT2D eigenvalue weighted by atomic mass is 10.1. The standard InChI is InChI=1S/C15H17N3O2S/c1-18(5-3-14(16)21)15-11-9-13-12(19-6-7-20-13)8-10(11)2-4-17-15/h2,4,8-9H,3,5-7H2,1H3,(H2,16,21). The van der Waals surface area contributed by atoms with Gasteiger partial charge in [0.2, 0.25) is 0 Å². The van der Waals surface area contributed by atoms with Gasteiger partial charge in [0.25, 0.3) is 0 Å². The van der Waals surface area contributed by atoms with Crippen LogP contribution < -0.4 is 20.1 Å². The number of hydrogen-bond acceptors (Lipinski definition) is 5. The van der Waals surface area contributed by atoms with Gasteiger partial charge in [0.1, 0.15) is 19.0 Å². The summed E-state index contributed by atoms with van der Waals surface area (Å²) >= 11 is 4.93. The maximum Gasteiger partial charge on any atom is 0.162 e. The summed E-state index contributed by atoms with van der Waals surface area (Å²) < 4.78 is 11.3. The zero-order valence-corrected chi connectivity index (χ0v) is 12.7. The van der Waals surface area contributed by atoms with E-state index in [4.69, 9.17) is 27.4 Å². The lowest BCUT2D eigenvalue weighted by Gasteiger charge is -2.22. The molecule has 1 aromatic carbocycles. The molecule has 0 radical (unpaired) electrons. The molecule has 110 valence electrons. The molecule has 0 saturated carbocycles. The number of nitrogens with two attached hydrogens (primary N) is 1. The van der Waals surface area contributed by atoms with E-state index >= 15 is 0 Å². The Morgan fingerprint density at radius 3 is 2.76 bits per heavy atom. The maximum absolute atomic E-state index is 5.65. The molecule has 0 spiro atoms. The van der Waals surface area contributed by atoms with E-state index in [1.165, 1.54) is 0 Å². The SMILES string of the molecule is CN(CCC(N)=S)c1nccc2cc3c(cc12)OCCO3. The Hall–Kier alpha value is -2.08. The van der Waals surface area contributed by atoms with Gasteiger partial charge in [-0.15, -0.1) is 0 Å². The number of ether oxygens (including phenoxy) is 2. The molecule has 0 fully saturated rings. The van der Waals surface area contributed by atoms with E-state index < -0.39 is 0 Å². The summed E-state index contributed by atoms with van der Waals surface area (Å²) in [5, 5.41) is 2.11. The third kappa shape index (κ3) is 2.85. The van der Waals surface area contributed by atoms with Crippen LogP contribution >= 0.6 is 12.2 Å². The number of nitrogens with zero attached hydrogens (tertiary/aromatic N) is 2. The highest BCUT2D eigenvalue weighted by molar-refractivity contribution is 7.80. The quantitative estimate of drug-likeness (QED) is 0.873. The van der Waals surface area contributed by atoms with Crippen LogP contribution in [0.3, 0.4) is 0 Å². The number of thiocarbonyl (C=S) groups is 1. The van der Waals surface area contributed by atoms with Gasteiger partial charge in [0.15, 0.2) is 11.5 Å². The Labute approximate surface area is 128 Å². The monoisotopic (exact) mass is 303 g/mol. The smallest absolute Gasteiger partial charge is 0.162 e. The van der Waals surface area contributed by atoms with Crippen LogP contribution in [0, 0.1) is 0 Å². The molecular weight excluding hydrogens is 286 g/mol. The molecule has 2 N–H and O–H groups in total. The minimum absolute atomic E-state index is 0.510. The number of benzene rings is 1. The van der Waals surface area contributed by atoms with E-state index in [0.29, 0.717) is 24.6 Å². The van der Waals surface area contributed by atoms with Gasteiger partial charge >= 0.3 is 0 Å². The fraction of sp³-hybridized carbons (Fsp3) is 0.333. The summed E-state index contributed by atoms with van der Waals surface area (Å²) in [6, 6.07) is 5.96. The van der Waals surface area contributed by atoms with E-state index in [9.17, 15) is 0 Å². The molecule has 0 unspecified atom stereocenters. The topological polar surface area (TPSA) is 60.6 Å². The van der Waals surface area contributed by atoms with Gasteiger partial charge in [-0.3, -0.25) is 0 Å². The summed E-state index contributed by atoms with van der Waals surface area (Å²) in [5.74, 6) is 2.45. The predicted octanol–water partition coefficient (Wildman–Crippen LogP) is 2.12. The molecule has 0 saturated heterocycles. The Balaban J connectivity index is 2.00. The number of pyridine rings is 1. The van der Waals surface area contributed by atoms with Crippen LogP contribution in [0.15, 0.2) is 24.4 Å². The molecule has 1 aliphatic heterocycles. The van der Waals surface area contributed by atoms with E-state index in [1.54, 1.807) is 6.20 Å². The third-order valence-electron chi connectivity index (χ3n) is 3.46. The number of rotatable bonds is 4. The lowest BCUT2D eigenvalue weighted by molar-refractivity contribution is 0.172. The van der Waals surface area contributed by atoms with Gasteiger partial charge in [0, 0.05) is 31.6 Å². The molecule has 1 aromatic heterocycles. The van der Waals surface area contributed by atoms with Crippen LogP contribution in [0.4, 0.5) is 5.82 Å². The summed E-state index contributed by atoms with van der Waals surface area (Å²) in [6.45, 7) is 1.89. The molecule has 6 heteroatoms. The highest BCUT2D eigenvalue weighted by Gasteiger charge is 2.16. The van der Waals surface area contributed by atoms with E-state index in [-0.39, 0.29) is 0 Å². The molecule has 3 rings (SSSR count). The van der Waals surface area contributed by atoms with Gasteiger partial charge < -0.3 is 20.1 Å². The van der Waals surface area contributed by atoms with Gasteiger partial charge in [-0.1, -0.05) is 12.2 Å². The van der Waals surface area contributed by atoms with Crippen molar-refractivity contribution in [3.05, 3.63) is 24.4 Å². The van der Waals surface area contributed by atoms with Crippen molar-refractivity contribution < 1.29 is 9.47 Å². The average Bonchev–Trinajstić information content (AvgIpc) is 2.50. The first-order valence-corrected chi connectivity index (χ1v) is 7.24. The van der Waals surface area contributed by atoms with Crippen molar-refractivity contribution in [3.8, 4) is 11.5 Å². The highest BCUT2D eigenvalue weighted by Crippen LogP contribution is 2.37. The van der Waals surface area contributed by atoms with Crippen LogP contribution in [-0.4, -0.2) is 36.8 Å². The minimum atomic E-state index is 0.510. The molecule has 2 heterocycles. The summed E-state index contributed by atoms with van der Waals surface area (Å²) in [4.78, 5) is 7.04. The van der Waals surface area contributed by atoms with Crippen molar-refractivity contribution in [1.82, 2.24) is 4.98 Å². The molecule has 0 aliphatic carbocycles. The summed E-state index contributed by atoms with van der Waals surface area (Å²) in [7, 11) is 1.98. The molecular formula is C15H17N3O2S. The number of aromatic nitrogens is 1. The predicted molar refractivity (Wildman–Crippen MR) is 87.4 cm³/mol. The van der Waals surface area contributed by atoms with Gasteiger partial charge in [0.05, 0.1) is 4.99 Å². The van der Waals surface area contributed by atoms with Crippen molar-refractivity contribution in [3.63, 3.8) is 0 Å². The Bertz CT molecular complexity index is 690. The summed E-state index contributed by atoms with van der Waals surface area (Å²) in [5.41, 5.74) is 5.57. The number of anilines is 1. The zero-order valence-electron chi connectivity index (χ0n) is 11.8. The third-order valence-corrected chi connectivity index (χ3v) is 3.67. The van der Waals surface area contributed by atoms with Crippen LogP contribution in [0.1, 0.15) is 6.42 Å². The van der Waals surface area contributed by atoms with Crippen molar-refractivity contribution in [2.24, 2.45) is 5.73 Å². The van der Waals surface area contributed by atoms with Crippen LogP contribution in [0.5, 0.6) is 11.5 Å². The van der Waals surface area contributed by atoms with Gasteiger partial charge in [-0.2, -0.15) is 0 Å². The number of fused-ring (bicyclic) bond motifs is 2. The lowest BCUT2D eigenvalue weighted by Crippen LogP contribution is -2.24. The Kier molecular flexibility index (Phi) is 3.79. The molecule has 1 aliphatic rings. The fourth-order valence-electron chi connectivity index (χ4n) is 2.38. The average molecular weight is 303 g/mol. The second-order valence-corrected chi connectivity index (χ2v) is 5.51. The van der Waals surface area contributed by atoms with Crippen LogP contribution in [-0.2, 0) is 0 Å². The fourth-order valence-corrected chi connectivity index (χ4v) is 2.47. The molecule has 0 bridgehead atoms. The Morgan fingerprint density at radius 1 is 1.33 bits per heavy atom. The summed E-state index contributed by atoms with van der Waals surface area (Å²) in [6.07, 6.45) is 2.46. The zero-order chi connectivity index (χ0) is 14.8. The van der Waals surface area contributed by atoms with Gasteiger partial charge in [-0.25, -0.2) is 4.98 Å². The minimum Gasteiger partial charge on any atom is -0.486 e. The van der Waals surface area contributed by atoms with Crippen molar-refractivity contribution in [1.29, 1.82) is 0 Å². The normalized spacial score (nSPS) is 13.2. The highest BCUT2D eigenvalue weighted by atomic mass is 32.1. The van der Waals surface area contributed by atoms with E-state index in [2.05, 4.69) is 9.88 Å². The van der Waals surface area contributed by atoms with Crippen LogP contribution in [0.25, 0.3) is 10.8 Å².